The lowest BCUT2D eigenvalue weighted by Gasteiger charge is -1.97. The van der Waals surface area contributed by atoms with Crippen LogP contribution in [0, 0.1) is 3.70 Å². The maximum absolute atomic E-state index is 8.96. The number of aromatic nitrogens is 1. The van der Waals surface area contributed by atoms with Crippen LogP contribution in [0.4, 0.5) is 0 Å². The van der Waals surface area contributed by atoms with Crippen LogP contribution in [0.15, 0.2) is 22.9 Å². The summed E-state index contributed by atoms with van der Waals surface area (Å²) in [5, 5.41) is 9.90. The van der Waals surface area contributed by atoms with Crippen molar-refractivity contribution in [2.24, 2.45) is 0 Å². The zero-order valence-corrected chi connectivity index (χ0v) is 8.28. The fraction of sp³-hybridized carbons (Fsp3) is 0.125. The molecule has 2 rings (SSSR count). The lowest BCUT2D eigenvalue weighted by Crippen LogP contribution is -1.88. The molecule has 0 aliphatic rings. The Balaban J connectivity index is 2.82. The number of pyridine rings is 1. The summed E-state index contributed by atoms with van der Waals surface area (Å²) in [4.78, 5) is 4.08. The highest BCUT2D eigenvalue weighted by atomic mass is 127. The van der Waals surface area contributed by atoms with Crippen molar-refractivity contribution in [2.75, 3.05) is 0 Å². The van der Waals surface area contributed by atoms with E-state index in [9.17, 15) is 0 Å². The minimum Gasteiger partial charge on any atom is -0.462 e. The molecule has 0 radical (unpaired) electrons. The number of fused-ring (bicyclic) bond motifs is 1. The number of nitrogens with zero attached hydrogens (tertiary/aromatic N) is 1. The first-order chi connectivity index (χ1) is 5.83. The smallest absolute Gasteiger partial charge is 0.166 e. The average Bonchev–Trinajstić information content (AvgIpc) is 2.54. The second-order valence-corrected chi connectivity index (χ2v) is 3.42. The molecule has 0 amide bonds. The van der Waals surface area contributed by atoms with Crippen LogP contribution in [-0.2, 0) is 6.61 Å². The van der Waals surface area contributed by atoms with E-state index < -0.39 is 0 Å². The first-order valence-corrected chi connectivity index (χ1v) is 4.52. The Morgan fingerprint density at radius 1 is 1.58 bits per heavy atom. The number of hydrogen-bond acceptors (Lipinski definition) is 3. The predicted molar refractivity (Wildman–Crippen MR) is 52.6 cm³/mol. The Morgan fingerprint density at radius 2 is 2.42 bits per heavy atom. The topological polar surface area (TPSA) is 46.3 Å². The predicted octanol–water partition coefficient (Wildman–Crippen LogP) is 1.92. The molecule has 0 aromatic carbocycles. The first-order valence-electron chi connectivity index (χ1n) is 3.44. The van der Waals surface area contributed by atoms with Gasteiger partial charge in [-0.1, -0.05) is 0 Å². The van der Waals surface area contributed by atoms with Crippen LogP contribution in [0.25, 0.3) is 11.0 Å². The second-order valence-electron chi connectivity index (χ2n) is 2.40. The van der Waals surface area contributed by atoms with Crippen molar-refractivity contribution in [3.63, 3.8) is 0 Å². The molecule has 0 saturated carbocycles. The molecule has 0 fully saturated rings. The molecule has 2 aromatic rings. The lowest BCUT2D eigenvalue weighted by molar-refractivity contribution is 0.283. The molecule has 12 heavy (non-hydrogen) atoms. The van der Waals surface area contributed by atoms with Gasteiger partial charge in [0, 0.05) is 17.1 Å². The van der Waals surface area contributed by atoms with Crippen LogP contribution in [0.3, 0.4) is 0 Å². The molecular weight excluding hydrogens is 269 g/mol. The Hall–Kier alpha value is -0.620. The van der Waals surface area contributed by atoms with Crippen molar-refractivity contribution in [2.45, 2.75) is 6.61 Å². The Labute approximate surface area is 82.5 Å². The van der Waals surface area contributed by atoms with Gasteiger partial charge < -0.3 is 9.52 Å². The highest BCUT2D eigenvalue weighted by molar-refractivity contribution is 14.1. The van der Waals surface area contributed by atoms with Gasteiger partial charge in [-0.25, -0.2) is 4.98 Å². The molecule has 0 aliphatic carbocycles. The van der Waals surface area contributed by atoms with Gasteiger partial charge in [0.15, 0.2) is 5.58 Å². The molecule has 0 bridgehead atoms. The Kier molecular flexibility index (Phi) is 2.02. The van der Waals surface area contributed by atoms with E-state index >= 15 is 0 Å². The molecular formula is C8H6INO2. The monoisotopic (exact) mass is 275 g/mol. The summed E-state index contributed by atoms with van der Waals surface area (Å²) in [5.74, 6) is 0. The minimum absolute atomic E-state index is 0.0000463. The molecule has 2 aromatic heterocycles. The third kappa shape index (κ3) is 1.11. The fourth-order valence-electron chi connectivity index (χ4n) is 1.11. The number of hydrogen-bond donors (Lipinski definition) is 1. The zero-order chi connectivity index (χ0) is 8.55. The average molecular weight is 275 g/mol. The molecule has 4 heteroatoms. The van der Waals surface area contributed by atoms with Crippen LogP contribution in [-0.4, -0.2) is 10.1 Å². The van der Waals surface area contributed by atoms with Gasteiger partial charge in [0.1, 0.15) is 3.70 Å². The molecule has 1 N–H and O–H groups in total. The van der Waals surface area contributed by atoms with Gasteiger partial charge in [-0.15, -0.1) is 0 Å². The van der Waals surface area contributed by atoms with Crippen molar-refractivity contribution in [3.05, 3.63) is 27.8 Å². The van der Waals surface area contributed by atoms with Gasteiger partial charge in [-0.3, -0.25) is 0 Å². The molecule has 0 saturated heterocycles. The van der Waals surface area contributed by atoms with Crippen molar-refractivity contribution in [1.29, 1.82) is 0 Å². The SMILES string of the molecule is OCc1cnc(I)c2occc12. The van der Waals surface area contributed by atoms with E-state index in [1.165, 1.54) is 0 Å². The van der Waals surface area contributed by atoms with Crippen LogP contribution in [0.5, 0.6) is 0 Å². The Morgan fingerprint density at radius 3 is 3.17 bits per heavy atom. The first kappa shape index (κ1) is 8.00. The minimum atomic E-state index is -0.0000463. The van der Waals surface area contributed by atoms with E-state index in [1.54, 1.807) is 12.5 Å². The third-order valence-electron chi connectivity index (χ3n) is 1.70. The fourth-order valence-corrected chi connectivity index (χ4v) is 1.67. The lowest BCUT2D eigenvalue weighted by atomic mass is 10.2. The number of rotatable bonds is 1. The highest BCUT2D eigenvalue weighted by Crippen LogP contribution is 2.22. The van der Waals surface area contributed by atoms with Crippen molar-refractivity contribution in [1.82, 2.24) is 4.98 Å². The van der Waals surface area contributed by atoms with E-state index in [2.05, 4.69) is 27.6 Å². The van der Waals surface area contributed by atoms with Crippen molar-refractivity contribution >= 4 is 33.6 Å². The second kappa shape index (κ2) is 3.02. The molecule has 62 valence electrons. The summed E-state index contributed by atoms with van der Waals surface area (Å²) in [6, 6.07) is 1.84. The number of aliphatic hydroxyl groups excluding tert-OH is 1. The van der Waals surface area contributed by atoms with Crippen LogP contribution in [0.1, 0.15) is 5.56 Å². The summed E-state index contributed by atoms with van der Waals surface area (Å²) in [7, 11) is 0. The van der Waals surface area contributed by atoms with Gasteiger partial charge in [0.05, 0.1) is 12.9 Å². The number of aliphatic hydroxyl groups is 1. The van der Waals surface area contributed by atoms with E-state index in [1.807, 2.05) is 6.07 Å². The van der Waals surface area contributed by atoms with Crippen LogP contribution >= 0.6 is 22.6 Å². The standard InChI is InChI=1S/C8H6INO2/c9-8-7-6(1-2-12-7)5(4-11)3-10-8/h1-3,11H,4H2. The summed E-state index contributed by atoms with van der Waals surface area (Å²) in [6.45, 7) is -0.0000463. The number of halogens is 1. The zero-order valence-electron chi connectivity index (χ0n) is 6.12. The van der Waals surface area contributed by atoms with Gasteiger partial charge in [0.2, 0.25) is 0 Å². The molecule has 2 heterocycles. The maximum atomic E-state index is 8.96. The Bertz CT molecular complexity index is 410. The quantitative estimate of drug-likeness (QED) is 0.639. The van der Waals surface area contributed by atoms with Crippen molar-refractivity contribution in [3.8, 4) is 0 Å². The molecule has 3 nitrogen and oxygen atoms in total. The summed E-state index contributed by atoms with van der Waals surface area (Å²) >= 11 is 2.10. The molecule has 0 spiro atoms. The molecule has 0 atom stereocenters. The summed E-state index contributed by atoms with van der Waals surface area (Å²) in [6.07, 6.45) is 3.27. The van der Waals surface area contributed by atoms with Crippen LogP contribution in [0.2, 0.25) is 0 Å². The van der Waals surface area contributed by atoms with Gasteiger partial charge in [0.25, 0.3) is 0 Å². The highest BCUT2D eigenvalue weighted by Gasteiger charge is 2.06. The third-order valence-corrected chi connectivity index (χ3v) is 2.47. The van der Waals surface area contributed by atoms with Crippen LogP contribution < -0.4 is 0 Å². The van der Waals surface area contributed by atoms with Gasteiger partial charge in [-0.2, -0.15) is 0 Å². The van der Waals surface area contributed by atoms with Gasteiger partial charge in [-0.05, 0) is 28.7 Å². The maximum Gasteiger partial charge on any atom is 0.166 e. The summed E-state index contributed by atoms with van der Waals surface area (Å²) < 4.78 is 6.03. The van der Waals surface area contributed by atoms with E-state index in [-0.39, 0.29) is 6.61 Å². The van der Waals surface area contributed by atoms with Crippen molar-refractivity contribution < 1.29 is 9.52 Å². The van der Waals surface area contributed by atoms with Gasteiger partial charge >= 0.3 is 0 Å². The number of furan rings is 1. The van der Waals surface area contributed by atoms with E-state index in [0.717, 1.165) is 20.2 Å². The molecule has 0 unspecified atom stereocenters. The van der Waals surface area contributed by atoms with E-state index in [4.69, 9.17) is 9.52 Å². The summed E-state index contributed by atoms with van der Waals surface area (Å²) in [5.41, 5.74) is 1.56. The normalized spacial score (nSPS) is 10.8. The van der Waals surface area contributed by atoms with E-state index in [0.29, 0.717) is 0 Å². The molecule has 0 aliphatic heterocycles. The largest absolute Gasteiger partial charge is 0.462 e.